The Balaban J connectivity index is 1.59. The molecule has 0 aliphatic rings. The average molecular weight is 288 g/mol. The Kier molecular flexibility index (Phi) is 2.93. The predicted octanol–water partition coefficient (Wildman–Crippen LogP) is 4.61. The first-order valence-electron chi connectivity index (χ1n) is 7.24. The summed E-state index contributed by atoms with van der Waals surface area (Å²) in [6, 6.07) is 18.8. The number of aromatic nitrogens is 3. The summed E-state index contributed by atoms with van der Waals surface area (Å²) in [5, 5.41) is 11.6. The van der Waals surface area contributed by atoms with Gasteiger partial charge in [-0.2, -0.15) is 5.10 Å². The van der Waals surface area contributed by atoms with Crippen LogP contribution in [0.25, 0.3) is 22.2 Å². The summed E-state index contributed by atoms with van der Waals surface area (Å²) in [6.07, 6.45) is 1.76. The lowest BCUT2D eigenvalue weighted by Crippen LogP contribution is -1.90. The van der Waals surface area contributed by atoms with Crippen LogP contribution in [0.2, 0.25) is 0 Å². The molecule has 0 saturated heterocycles. The zero-order valence-electron chi connectivity index (χ0n) is 12.2. The van der Waals surface area contributed by atoms with E-state index in [-0.39, 0.29) is 0 Å². The topological polar surface area (TPSA) is 56.5 Å². The van der Waals surface area contributed by atoms with Gasteiger partial charge in [0, 0.05) is 28.8 Å². The molecule has 0 unspecified atom stereocenters. The molecular formula is C18H16N4. The molecule has 2 aromatic carbocycles. The summed E-state index contributed by atoms with van der Waals surface area (Å²) >= 11 is 0. The van der Waals surface area contributed by atoms with Gasteiger partial charge in [0.2, 0.25) is 0 Å². The molecule has 3 N–H and O–H groups in total. The molecule has 0 amide bonds. The number of benzene rings is 2. The van der Waals surface area contributed by atoms with E-state index in [4.69, 9.17) is 0 Å². The average Bonchev–Trinajstić information content (AvgIpc) is 3.16. The smallest absolute Gasteiger partial charge is 0.0650 e. The molecule has 4 heteroatoms. The van der Waals surface area contributed by atoms with Crippen molar-refractivity contribution in [2.75, 3.05) is 5.32 Å². The molecule has 0 bridgehead atoms. The molecule has 2 heterocycles. The van der Waals surface area contributed by atoms with Crippen LogP contribution >= 0.6 is 0 Å². The van der Waals surface area contributed by atoms with E-state index in [1.165, 1.54) is 11.1 Å². The number of fused-ring (bicyclic) bond motifs is 1. The zero-order valence-corrected chi connectivity index (χ0v) is 12.2. The maximum absolute atomic E-state index is 3.98. The van der Waals surface area contributed by atoms with Crippen molar-refractivity contribution in [3.8, 4) is 11.3 Å². The molecule has 2 aromatic heterocycles. The number of hydrogen-bond donors (Lipinski definition) is 3. The fraction of sp³-hybridized carbons (Fsp3) is 0.0556. The van der Waals surface area contributed by atoms with Crippen molar-refractivity contribution < 1.29 is 0 Å². The summed E-state index contributed by atoms with van der Waals surface area (Å²) in [6.45, 7) is 2.07. The monoisotopic (exact) mass is 288 g/mol. The van der Waals surface area contributed by atoms with Gasteiger partial charge in [0.25, 0.3) is 0 Å². The van der Waals surface area contributed by atoms with Crippen LogP contribution in [-0.4, -0.2) is 15.2 Å². The van der Waals surface area contributed by atoms with Crippen LogP contribution in [0.4, 0.5) is 11.4 Å². The summed E-state index contributed by atoms with van der Waals surface area (Å²) in [7, 11) is 0. The Morgan fingerprint density at radius 1 is 0.909 bits per heavy atom. The highest BCUT2D eigenvalue weighted by atomic mass is 15.1. The van der Waals surface area contributed by atoms with Gasteiger partial charge in [0.1, 0.15) is 0 Å². The molecule has 0 fully saturated rings. The lowest BCUT2D eigenvalue weighted by atomic mass is 10.1. The van der Waals surface area contributed by atoms with Gasteiger partial charge in [-0.05, 0) is 54.3 Å². The zero-order chi connectivity index (χ0) is 14.9. The molecule has 108 valence electrons. The van der Waals surface area contributed by atoms with Crippen molar-refractivity contribution in [2.45, 2.75) is 6.92 Å². The number of hydrogen-bond acceptors (Lipinski definition) is 2. The van der Waals surface area contributed by atoms with Crippen molar-refractivity contribution in [3.63, 3.8) is 0 Å². The van der Waals surface area contributed by atoms with Gasteiger partial charge in [-0.25, -0.2) is 0 Å². The maximum Gasteiger partial charge on any atom is 0.0650 e. The van der Waals surface area contributed by atoms with Gasteiger partial charge in [0.15, 0.2) is 0 Å². The molecule has 4 rings (SSSR count). The van der Waals surface area contributed by atoms with Gasteiger partial charge in [-0.1, -0.05) is 18.2 Å². The van der Waals surface area contributed by atoms with Crippen molar-refractivity contribution in [1.29, 1.82) is 0 Å². The molecule has 22 heavy (non-hydrogen) atoms. The second kappa shape index (κ2) is 5.07. The van der Waals surface area contributed by atoms with Gasteiger partial charge >= 0.3 is 0 Å². The molecule has 0 radical (unpaired) electrons. The minimum atomic E-state index is 1.02. The Labute approximate surface area is 128 Å². The predicted molar refractivity (Wildman–Crippen MR) is 90.3 cm³/mol. The van der Waals surface area contributed by atoms with Crippen LogP contribution in [0, 0.1) is 6.92 Å². The highest BCUT2D eigenvalue weighted by Crippen LogP contribution is 2.24. The largest absolute Gasteiger partial charge is 0.359 e. The van der Waals surface area contributed by atoms with Crippen LogP contribution in [0.5, 0.6) is 0 Å². The van der Waals surface area contributed by atoms with E-state index in [0.29, 0.717) is 0 Å². The number of rotatable bonds is 3. The first-order chi connectivity index (χ1) is 10.8. The number of H-pyrrole nitrogens is 2. The van der Waals surface area contributed by atoms with Crippen LogP contribution < -0.4 is 5.32 Å². The second-order valence-corrected chi connectivity index (χ2v) is 5.43. The lowest BCUT2D eigenvalue weighted by molar-refractivity contribution is 1.10. The molecule has 0 aliphatic carbocycles. The van der Waals surface area contributed by atoms with Crippen LogP contribution in [0.3, 0.4) is 0 Å². The Hall–Kier alpha value is -3.01. The lowest BCUT2D eigenvalue weighted by Gasteiger charge is -2.07. The SMILES string of the molecule is Cc1cc2ccc(Nc3ccc(-c4ccn[nH]4)cc3)cc2[nH]1. The summed E-state index contributed by atoms with van der Waals surface area (Å²) in [4.78, 5) is 3.36. The number of anilines is 2. The van der Waals surface area contributed by atoms with E-state index in [1.807, 2.05) is 6.07 Å². The van der Waals surface area contributed by atoms with Crippen molar-refractivity contribution in [1.82, 2.24) is 15.2 Å². The van der Waals surface area contributed by atoms with E-state index < -0.39 is 0 Å². The first-order valence-corrected chi connectivity index (χ1v) is 7.24. The Morgan fingerprint density at radius 2 is 1.73 bits per heavy atom. The van der Waals surface area contributed by atoms with Crippen molar-refractivity contribution in [2.24, 2.45) is 0 Å². The third-order valence-corrected chi connectivity index (χ3v) is 3.74. The summed E-state index contributed by atoms with van der Waals surface area (Å²) in [5.74, 6) is 0. The van der Waals surface area contributed by atoms with E-state index in [1.54, 1.807) is 6.20 Å². The number of aryl methyl sites for hydroxylation is 1. The molecular weight excluding hydrogens is 272 g/mol. The highest BCUT2D eigenvalue weighted by molar-refractivity contribution is 5.84. The van der Waals surface area contributed by atoms with Crippen LogP contribution in [0.15, 0.2) is 60.8 Å². The van der Waals surface area contributed by atoms with E-state index in [2.05, 4.69) is 76.0 Å². The van der Waals surface area contributed by atoms with Gasteiger partial charge in [-0.15, -0.1) is 0 Å². The van der Waals surface area contributed by atoms with Crippen LogP contribution in [-0.2, 0) is 0 Å². The maximum atomic E-state index is 3.98. The van der Waals surface area contributed by atoms with Crippen LogP contribution in [0.1, 0.15) is 5.69 Å². The fourth-order valence-corrected chi connectivity index (χ4v) is 2.67. The van der Waals surface area contributed by atoms with Gasteiger partial charge in [0.05, 0.1) is 5.69 Å². The van der Waals surface area contributed by atoms with E-state index in [0.717, 1.165) is 28.1 Å². The third kappa shape index (κ3) is 2.35. The summed E-state index contributed by atoms with van der Waals surface area (Å²) in [5.41, 5.74) is 6.61. The fourth-order valence-electron chi connectivity index (χ4n) is 2.67. The van der Waals surface area contributed by atoms with Crippen molar-refractivity contribution >= 4 is 22.3 Å². The highest BCUT2D eigenvalue weighted by Gasteiger charge is 2.02. The molecule has 0 saturated carbocycles. The second-order valence-electron chi connectivity index (χ2n) is 5.43. The Bertz CT molecular complexity index is 902. The minimum absolute atomic E-state index is 1.02. The third-order valence-electron chi connectivity index (χ3n) is 3.74. The normalized spacial score (nSPS) is 11.0. The Morgan fingerprint density at radius 3 is 2.50 bits per heavy atom. The molecule has 0 atom stereocenters. The van der Waals surface area contributed by atoms with Gasteiger partial charge < -0.3 is 10.3 Å². The number of aromatic amines is 2. The molecule has 4 aromatic rings. The quantitative estimate of drug-likeness (QED) is 0.515. The number of nitrogens with one attached hydrogen (secondary N) is 3. The van der Waals surface area contributed by atoms with Gasteiger partial charge in [-0.3, -0.25) is 5.10 Å². The molecule has 4 nitrogen and oxygen atoms in total. The van der Waals surface area contributed by atoms with E-state index in [9.17, 15) is 0 Å². The molecule has 0 spiro atoms. The minimum Gasteiger partial charge on any atom is -0.359 e. The van der Waals surface area contributed by atoms with Crippen molar-refractivity contribution in [3.05, 3.63) is 66.5 Å². The number of nitrogens with zero attached hydrogens (tertiary/aromatic N) is 1. The summed E-state index contributed by atoms with van der Waals surface area (Å²) < 4.78 is 0. The van der Waals surface area contributed by atoms with E-state index >= 15 is 0 Å². The standard InChI is InChI=1S/C18H16N4/c1-12-10-14-4-7-16(11-18(14)20-12)21-15-5-2-13(3-6-15)17-8-9-19-22-17/h2-11,20-21H,1H3,(H,19,22). The molecule has 0 aliphatic heterocycles. The first kappa shape index (κ1) is 12.7.